The molecule has 4 heteroatoms. The third-order valence-electron chi connectivity index (χ3n) is 3.93. The predicted molar refractivity (Wildman–Crippen MR) is 66.7 cm³/mol. The molecule has 1 aromatic rings. The van der Waals surface area contributed by atoms with Crippen molar-refractivity contribution in [2.45, 2.75) is 50.9 Å². The molecule has 3 nitrogen and oxygen atoms in total. The molecule has 1 heterocycles. The van der Waals surface area contributed by atoms with Crippen LogP contribution in [0.3, 0.4) is 0 Å². The third kappa shape index (κ3) is 2.21. The topological polar surface area (TPSA) is 49.6 Å². The van der Waals surface area contributed by atoms with Gasteiger partial charge in [-0.2, -0.15) is 9.64 Å². The quantitative estimate of drug-likeness (QED) is 0.800. The minimum Gasteiger partial charge on any atom is -0.223 e. The highest BCUT2D eigenvalue weighted by Gasteiger charge is 2.38. The standard InChI is InChI=1S/C13H17N3S/c1-2-10(8-3-4-8)11(7-14)13-15-12(16-17-13)9-5-6-9/h8-11H,2-6H2,1H3. The van der Waals surface area contributed by atoms with Gasteiger partial charge in [0.1, 0.15) is 16.7 Å². The summed E-state index contributed by atoms with van der Waals surface area (Å²) in [5, 5.41) is 10.4. The lowest BCUT2D eigenvalue weighted by molar-refractivity contribution is 0.410. The summed E-state index contributed by atoms with van der Waals surface area (Å²) in [6.07, 6.45) is 6.14. The van der Waals surface area contributed by atoms with Crippen molar-refractivity contribution < 1.29 is 0 Å². The Balaban J connectivity index is 1.80. The van der Waals surface area contributed by atoms with Crippen molar-refractivity contribution in [2.75, 3.05) is 0 Å². The highest BCUT2D eigenvalue weighted by atomic mass is 32.1. The van der Waals surface area contributed by atoms with Gasteiger partial charge in [0.25, 0.3) is 0 Å². The molecule has 0 spiro atoms. The van der Waals surface area contributed by atoms with Crippen molar-refractivity contribution in [1.82, 2.24) is 9.36 Å². The summed E-state index contributed by atoms with van der Waals surface area (Å²) in [6.45, 7) is 2.19. The van der Waals surface area contributed by atoms with Gasteiger partial charge >= 0.3 is 0 Å². The van der Waals surface area contributed by atoms with Crippen LogP contribution in [0.15, 0.2) is 0 Å². The van der Waals surface area contributed by atoms with Gasteiger partial charge in [0.2, 0.25) is 0 Å². The van der Waals surface area contributed by atoms with Crippen LogP contribution < -0.4 is 0 Å². The van der Waals surface area contributed by atoms with E-state index in [1.165, 1.54) is 37.2 Å². The molecule has 2 saturated carbocycles. The lowest BCUT2D eigenvalue weighted by atomic mass is 9.87. The van der Waals surface area contributed by atoms with Crippen LogP contribution in [0, 0.1) is 23.2 Å². The number of hydrogen-bond acceptors (Lipinski definition) is 4. The Morgan fingerprint density at radius 3 is 2.71 bits per heavy atom. The normalized spacial score (nSPS) is 23.1. The van der Waals surface area contributed by atoms with Gasteiger partial charge in [-0.15, -0.1) is 0 Å². The molecule has 0 aliphatic heterocycles. The van der Waals surface area contributed by atoms with Gasteiger partial charge in [0, 0.05) is 5.92 Å². The van der Waals surface area contributed by atoms with E-state index in [0.29, 0.717) is 11.8 Å². The molecule has 0 radical (unpaired) electrons. The average molecular weight is 247 g/mol. The molecular weight excluding hydrogens is 230 g/mol. The second kappa shape index (κ2) is 4.38. The molecule has 2 aliphatic carbocycles. The lowest BCUT2D eigenvalue weighted by Crippen LogP contribution is -2.12. The van der Waals surface area contributed by atoms with E-state index >= 15 is 0 Å². The predicted octanol–water partition coefficient (Wildman–Crippen LogP) is 3.46. The van der Waals surface area contributed by atoms with Crippen LogP contribution in [-0.2, 0) is 0 Å². The Labute approximate surface area is 106 Å². The molecule has 0 saturated heterocycles. The van der Waals surface area contributed by atoms with Crippen molar-refractivity contribution in [1.29, 1.82) is 5.26 Å². The van der Waals surface area contributed by atoms with E-state index in [9.17, 15) is 5.26 Å². The summed E-state index contributed by atoms with van der Waals surface area (Å²) >= 11 is 1.46. The maximum absolute atomic E-state index is 9.41. The Morgan fingerprint density at radius 2 is 2.18 bits per heavy atom. The van der Waals surface area contributed by atoms with Gasteiger partial charge < -0.3 is 0 Å². The number of aromatic nitrogens is 2. The first kappa shape index (κ1) is 11.2. The first-order valence-corrected chi connectivity index (χ1v) is 7.34. The van der Waals surface area contributed by atoms with Crippen molar-refractivity contribution in [3.63, 3.8) is 0 Å². The van der Waals surface area contributed by atoms with Crippen LogP contribution in [0.25, 0.3) is 0 Å². The monoisotopic (exact) mass is 247 g/mol. The summed E-state index contributed by atoms with van der Waals surface area (Å²) in [7, 11) is 0. The number of rotatable bonds is 5. The molecule has 2 aliphatic rings. The zero-order valence-corrected chi connectivity index (χ0v) is 10.9. The third-order valence-corrected chi connectivity index (χ3v) is 4.74. The minimum atomic E-state index is -0.0162. The van der Waals surface area contributed by atoms with Crippen molar-refractivity contribution in [3.8, 4) is 6.07 Å². The molecule has 0 bridgehead atoms. The van der Waals surface area contributed by atoms with Crippen LogP contribution in [0.5, 0.6) is 0 Å². The molecule has 0 aromatic carbocycles. The first-order chi connectivity index (χ1) is 8.33. The second-order valence-electron chi connectivity index (χ2n) is 5.28. The van der Waals surface area contributed by atoms with Crippen molar-refractivity contribution in [2.24, 2.45) is 11.8 Å². The van der Waals surface area contributed by atoms with Gasteiger partial charge in [-0.3, -0.25) is 0 Å². The molecular formula is C13H17N3S. The summed E-state index contributed by atoms with van der Waals surface area (Å²) in [5.74, 6) is 2.84. The highest BCUT2D eigenvalue weighted by Crippen LogP contribution is 2.46. The summed E-state index contributed by atoms with van der Waals surface area (Å²) in [6, 6.07) is 2.47. The maximum Gasteiger partial charge on any atom is 0.145 e. The summed E-state index contributed by atoms with van der Waals surface area (Å²) < 4.78 is 4.42. The fraction of sp³-hybridized carbons (Fsp3) is 0.769. The van der Waals surface area contributed by atoms with Gasteiger partial charge in [0.15, 0.2) is 0 Å². The fourth-order valence-electron chi connectivity index (χ4n) is 2.58. The zero-order chi connectivity index (χ0) is 11.8. The van der Waals surface area contributed by atoms with E-state index in [2.05, 4.69) is 22.4 Å². The molecule has 0 amide bonds. The van der Waals surface area contributed by atoms with Crippen LogP contribution in [-0.4, -0.2) is 9.36 Å². The Bertz CT molecular complexity index is 440. The smallest absolute Gasteiger partial charge is 0.145 e. The molecule has 3 rings (SSSR count). The highest BCUT2D eigenvalue weighted by molar-refractivity contribution is 7.05. The van der Waals surface area contributed by atoms with Gasteiger partial charge in [0.05, 0.1) is 6.07 Å². The fourth-order valence-corrected chi connectivity index (χ4v) is 3.43. The van der Waals surface area contributed by atoms with Gasteiger partial charge in [-0.05, 0) is 49.1 Å². The SMILES string of the molecule is CCC(C1CC1)C(C#N)c1nc(C2CC2)ns1. The van der Waals surface area contributed by atoms with Gasteiger partial charge in [-0.25, -0.2) is 4.98 Å². The molecule has 2 atom stereocenters. The van der Waals surface area contributed by atoms with E-state index in [-0.39, 0.29) is 5.92 Å². The van der Waals surface area contributed by atoms with Crippen LogP contribution in [0.1, 0.15) is 61.7 Å². The Kier molecular flexibility index (Phi) is 2.87. The van der Waals surface area contributed by atoms with E-state index in [1.807, 2.05) is 0 Å². The first-order valence-electron chi connectivity index (χ1n) is 6.56. The summed E-state index contributed by atoms with van der Waals surface area (Å²) in [5.41, 5.74) is 0. The van der Waals surface area contributed by atoms with E-state index in [4.69, 9.17) is 0 Å². The number of nitriles is 1. The average Bonchev–Trinajstić information content (AvgIpc) is 3.26. The van der Waals surface area contributed by atoms with Crippen LogP contribution >= 0.6 is 11.5 Å². The lowest BCUT2D eigenvalue weighted by Gasteiger charge is -2.17. The van der Waals surface area contributed by atoms with E-state index in [0.717, 1.165) is 23.2 Å². The molecule has 2 fully saturated rings. The largest absolute Gasteiger partial charge is 0.223 e. The van der Waals surface area contributed by atoms with Crippen molar-refractivity contribution >= 4 is 11.5 Å². The number of nitrogens with zero attached hydrogens (tertiary/aromatic N) is 3. The Hall–Kier alpha value is -0.950. The Morgan fingerprint density at radius 1 is 1.41 bits per heavy atom. The van der Waals surface area contributed by atoms with E-state index in [1.54, 1.807) is 0 Å². The van der Waals surface area contributed by atoms with Crippen LogP contribution in [0.4, 0.5) is 0 Å². The van der Waals surface area contributed by atoms with E-state index < -0.39 is 0 Å². The van der Waals surface area contributed by atoms with Crippen LogP contribution in [0.2, 0.25) is 0 Å². The molecule has 17 heavy (non-hydrogen) atoms. The minimum absolute atomic E-state index is 0.0162. The van der Waals surface area contributed by atoms with Crippen molar-refractivity contribution in [3.05, 3.63) is 10.8 Å². The molecule has 2 unspecified atom stereocenters. The van der Waals surface area contributed by atoms with Gasteiger partial charge in [-0.1, -0.05) is 13.3 Å². The maximum atomic E-state index is 9.41. The molecule has 90 valence electrons. The molecule has 0 N–H and O–H groups in total. The zero-order valence-electron chi connectivity index (χ0n) is 10.1. The summed E-state index contributed by atoms with van der Waals surface area (Å²) in [4.78, 5) is 4.61. The molecule has 1 aromatic heterocycles. The second-order valence-corrected chi connectivity index (χ2v) is 6.06. The number of hydrogen-bond donors (Lipinski definition) is 0.